The van der Waals surface area contributed by atoms with E-state index in [-0.39, 0.29) is 11.1 Å². The first kappa shape index (κ1) is 19.9. The molecule has 0 aromatic heterocycles. The number of nitrogens with one attached hydrogen (secondary N) is 2. The Hall–Kier alpha value is -4.82. The number of hydrogen-bond acceptors (Lipinski definition) is 6. The molecule has 0 spiro atoms. The Labute approximate surface area is 172 Å². The van der Waals surface area contributed by atoms with E-state index in [4.69, 9.17) is 22.0 Å². The van der Waals surface area contributed by atoms with Crippen molar-refractivity contribution < 1.29 is 9.59 Å². The van der Waals surface area contributed by atoms with Gasteiger partial charge in [-0.05, 0) is 48.5 Å². The number of nitriles is 2. The van der Waals surface area contributed by atoms with Gasteiger partial charge < -0.3 is 22.1 Å². The summed E-state index contributed by atoms with van der Waals surface area (Å²) in [7, 11) is 0. The van der Waals surface area contributed by atoms with Gasteiger partial charge >= 0.3 is 0 Å². The van der Waals surface area contributed by atoms with Crippen LogP contribution in [0.2, 0.25) is 0 Å². The highest BCUT2D eigenvalue weighted by atomic mass is 16.2. The SMILES string of the molecule is N#Cc1cccc(Nc2cc(C(N)=O)c(C(N)=O)cc2Nc2cccc(C#N)c2)c1. The summed E-state index contributed by atoms with van der Waals surface area (Å²) in [5.41, 5.74) is 13.7. The van der Waals surface area contributed by atoms with Crippen molar-refractivity contribution in [2.24, 2.45) is 11.5 Å². The molecule has 0 atom stereocenters. The zero-order valence-corrected chi connectivity index (χ0v) is 15.6. The highest BCUT2D eigenvalue weighted by molar-refractivity contribution is 6.08. The second-order valence-corrected chi connectivity index (χ2v) is 6.31. The molecule has 0 saturated carbocycles. The Kier molecular flexibility index (Phi) is 5.62. The number of nitrogens with zero attached hydrogens (tertiary/aromatic N) is 2. The van der Waals surface area contributed by atoms with Gasteiger partial charge in [-0.15, -0.1) is 0 Å². The molecule has 6 N–H and O–H groups in total. The van der Waals surface area contributed by atoms with Crippen molar-refractivity contribution in [1.82, 2.24) is 0 Å². The number of rotatable bonds is 6. The van der Waals surface area contributed by atoms with Gasteiger partial charge in [-0.2, -0.15) is 10.5 Å². The molecule has 0 unspecified atom stereocenters. The molecular formula is C22H16N6O2. The lowest BCUT2D eigenvalue weighted by Gasteiger charge is -2.17. The summed E-state index contributed by atoms with van der Waals surface area (Å²) in [6.07, 6.45) is 0. The van der Waals surface area contributed by atoms with Crippen molar-refractivity contribution >= 4 is 34.6 Å². The molecule has 3 rings (SSSR count). The van der Waals surface area contributed by atoms with Gasteiger partial charge in [0.25, 0.3) is 0 Å². The van der Waals surface area contributed by atoms with Gasteiger partial charge in [-0.3, -0.25) is 9.59 Å². The molecule has 3 aromatic carbocycles. The molecular weight excluding hydrogens is 380 g/mol. The molecule has 0 radical (unpaired) electrons. The minimum Gasteiger partial charge on any atom is -0.366 e. The lowest BCUT2D eigenvalue weighted by atomic mass is 10.0. The van der Waals surface area contributed by atoms with Gasteiger partial charge in [0.1, 0.15) is 0 Å². The maximum absolute atomic E-state index is 11.9. The summed E-state index contributed by atoms with van der Waals surface area (Å²) in [5, 5.41) is 24.5. The second kappa shape index (κ2) is 8.46. The highest BCUT2D eigenvalue weighted by Crippen LogP contribution is 2.32. The molecule has 0 aliphatic rings. The molecule has 0 aliphatic carbocycles. The third-order valence-electron chi connectivity index (χ3n) is 4.23. The van der Waals surface area contributed by atoms with E-state index in [0.717, 1.165) is 0 Å². The van der Waals surface area contributed by atoms with Crippen molar-refractivity contribution in [3.8, 4) is 12.1 Å². The minimum atomic E-state index is -0.810. The van der Waals surface area contributed by atoms with Crippen LogP contribution < -0.4 is 22.1 Å². The number of carbonyl (C=O) groups excluding carboxylic acids is 2. The zero-order valence-electron chi connectivity index (χ0n) is 15.6. The topological polar surface area (TPSA) is 158 Å². The van der Waals surface area contributed by atoms with Crippen molar-refractivity contribution in [2.45, 2.75) is 0 Å². The number of nitrogens with two attached hydrogens (primary N) is 2. The van der Waals surface area contributed by atoms with Gasteiger partial charge in [-0.1, -0.05) is 12.1 Å². The van der Waals surface area contributed by atoms with E-state index in [1.807, 2.05) is 0 Å². The van der Waals surface area contributed by atoms with Crippen molar-refractivity contribution in [1.29, 1.82) is 10.5 Å². The number of primary amides is 2. The van der Waals surface area contributed by atoms with E-state index in [1.54, 1.807) is 48.5 Å². The molecule has 146 valence electrons. The molecule has 0 aliphatic heterocycles. The Balaban J connectivity index is 2.12. The van der Waals surface area contributed by atoms with Crippen LogP contribution >= 0.6 is 0 Å². The molecule has 2 amide bonds. The Morgan fingerprint density at radius 2 is 1.10 bits per heavy atom. The van der Waals surface area contributed by atoms with Crippen molar-refractivity contribution in [2.75, 3.05) is 10.6 Å². The molecule has 3 aromatic rings. The van der Waals surface area contributed by atoms with Crippen LogP contribution in [-0.2, 0) is 0 Å². The number of amides is 2. The van der Waals surface area contributed by atoms with E-state index in [9.17, 15) is 9.59 Å². The van der Waals surface area contributed by atoms with Gasteiger partial charge in [0, 0.05) is 11.4 Å². The Morgan fingerprint density at radius 3 is 1.43 bits per heavy atom. The third-order valence-corrected chi connectivity index (χ3v) is 4.23. The lowest BCUT2D eigenvalue weighted by Crippen LogP contribution is -2.21. The number of carbonyl (C=O) groups is 2. The summed E-state index contributed by atoms with van der Waals surface area (Å²) < 4.78 is 0. The molecule has 0 saturated heterocycles. The van der Waals surface area contributed by atoms with Gasteiger partial charge in [0.2, 0.25) is 11.8 Å². The fraction of sp³-hybridized carbons (Fsp3) is 0. The van der Waals surface area contributed by atoms with E-state index < -0.39 is 11.8 Å². The summed E-state index contributed by atoms with van der Waals surface area (Å²) in [5.74, 6) is -1.62. The Bertz CT molecular complexity index is 1140. The average Bonchev–Trinajstić information content (AvgIpc) is 2.74. The molecule has 0 bridgehead atoms. The smallest absolute Gasteiger partial charge is 0.249 e. The maximum atomic E-state index is 11.9. The van der Waals surface area contributed by atoms with E-state index in [0.29, 0.717) is 33.9 Å². The second-order valence-electron chi connectivity index (χ2n) is 6.31. The molecule has 8 nitrogen and oxygen atoms in total. The van der Waals surface area contributed by atoms with Crippen LogP contribution in [0.25, 0.3) is 0 Å². The van der Waals surface area contributed by atoms with E-state index in [2.05, 4.69) is 22.8 Å². The predicted molar refractivity (Wildman–Crippen MR) is 112 cm³/mol. The molecule has 0 heterocycles. The summed E-state index contributed by atoms with van der Waals surface area (Å²) in [6, 6.07) is 20.4. The number of anilines is 4. The normalized spacial score (nSPS) is 9.80. The number of hydrogen-bond donors (Lipinski definition) is 4. The maximum Gasteiger partial charge on any atom is 0.249 e. The Morgan fingerprint density at radius 1 is 0.700 bits per heavy atom. The molecule has 8 heteroatoms. The fourth-order valence-corrected chi connectivity index (χ4v) is 2.86. The zero-order chi connectivity index (χ0) is 21.7. The van der Waals surface area contributed by atoms with Crippen LogP contribution in [-0.4, -0.2) is 11.8 Å². The van der Waals surface area contributed by atoms with E-state index in [1.165, 1.54) is 12.1 Å². The summed E-state index contributed by atoms with van der Waals surface area (Å²) >= 11 is 0. The van der Waals surface area contributed by atoms with Gasteiger partial charge in [0.15, 0.2) is 0 Å². The summed E-state index contributed by atoms with van der Waals surface area (Å²) in [6.45, 7) is 0. The van der Waals surface area contributed by atoms with E-state index >= 15 is 0 Å². The fourth-order valence-electron chi connectivity index (χ4n) is 2.86. The van der Waals surface area contributed by atoms with Crippen LogP contribution in [0.4, 0.5) is 22.7 Å². The van der Waals surface area contributed by atoms with Crippen molar-refractivity contribution in [3.63, 3.8) is 0 Å². The molecule has 30 heavy (non-hydrogen) atoms. The minimum absolute atomic E-state index is 0.0437. The van der Waals surface area contributed by atoms with Crippen molar-refractivity contribution in [3.05, 3.63) is 82.9 Å². The van der Waals surface area contributed by atoms with Crippen LogP contribution in [0, 0.1) is 22.7 Å². The van der Waals surface area contributed by atoms with Gasteiger partial charge in [-0.25, -0.2) is 0 Å². The van der Waals surface area contributed by atoms with Crippen LogP contribution in [0.15, 0.2) is 60.7 Å². The standard InChI is InChI=1S/C22H16N6O2/c23-11-13-3-1-5-15(7-13)27-19-9-17(21(25)29)18(22(26)30)10-20(19)28-16-6-2-4-14(8-16)12-24/h1-10,27-28H,(H2,25,29)(H2,26,30). The quantitative estimate of drug-likeness (QED) is 0.501. The largest absolute Gasteiger partial charge is 0.366 e. The highest BCUT2D eigenvalue weighted by Gasteiger charge is 2.18. The lowest BCUT2D eigenvalue weighted by molar-refractivity contribution is 0.0967. The third kappa shape index (κ3) is 4.35. The predicted octanol–water partition coefficient (Wildman–Crippen LogP) is 3.11. The van der Waals surface area contributed by atoms with Crippen LogP contribution in [0.3, 0.4) is 0 Å². The first-order valence-electron chi connectivity index (χ1n) is 8.73. The monoisotopic (exact) mass is 396 g/mol. The first-order valence-corrected chi connectivity index (χ1v) is 8.73. The average molecular weight is 396 g/mol. The molecule has 0 fully saturated rings. The number of benzene rings is 3. The first-order chi connectivity index (χ1) is 14.4. The van der Waals surface area contributed by atoms with Gasteiger partial charge in [0.05, 0.1) is 45.8 Å². The van der Waals surface area contributed by atoms with Crippen LogP contribution in [0.5, 0.6) is 0 Å². The van der Waals surface area contributed by atoms with Crippen LogP contribution in [0.1, 0.15) is 31.8 Å². The summed E-state index contributed by atoms with van der Waals surface area (Å²) in [4.78, 5) is 23.7.